The summed E-state index contributed by atoms with van der Waals surface area (Å²) in [5, 5.41) is 17.8. The van der Waals surface area contributed by atoms with Gasteiger partial charge in [-0.05, 0) is 62.7 Å². The third kappa shape index (κ3) is 4.59. The van der Waals surface area contributed by atoms with Crippen molar-refractivity contribution in [2.24, 2.45) is 5.14 Å². The summed E-state index contributed by atoms with van der Waals surface area (Å²) in [7, 11) is -3.99. The largest absolute Gasteiger partial charge is 0.491 e. The van der Waals surface area contributed by atoms with Gasteiger partial charge in [0, 0.05) is 22.7 Å². The van der Waals surface area contributed by atoms with Crippen LogP contribution in [0.5, 0.6) is 5.75 Å². The number of primary sulfonamides is 1. The molecule has 0 saturated carbocycles. The number of nitrogens with zero attached hydrogens (tertiary/aromatic N) is 3. The van der Waals surface area contributed by atoms with E-state index in [2.05, 4.69) is 15.5 Å². The number of hydrogen-bond donors (Lipinski definition) is 2. The first-order valence-corrected chi connectivity index (χ1v) is 11.9. The molecule has 1 aromatic heterocycles. The van der Waals surface area contributed by atoms with E-state index in [0.29, 0.717) is 33.3 Å². The number of hydrogen-bond acceptors (Lipinski definition) is 6. The molecule has 4 rings (SSSR count). The molecule has 1 saturated heterocycles. The van der Waals surface area contributed by atoms with Crippen LogP contribution in [0.4, 0.5) is 0 Å². The van der Waals surface area contributed by atoms with E-state index in [1.807, 2.05) is 18.4 Å². The van der Waals surface area contributed by atoms with Crippen LogP contribution in [-0.2, 0) is 10.0 Å². The molecule has 10 heteroatoms. The molecule has 0 unspecified atom stereocenters. The van der Waals surface area contributed by atoms with Crippen molar-refractivity contribution in [3.8, 4) is 28.3 Å². The van der Waals surface area contributed by atoms with E-state index < -0.39 is 10.0 Å². The summed E-state index contributed by atoms with van der Waals surface area (Å²) >= 11 is 6.33. The Kier molecular flexibility index (Phi) is 6.02. The lowest BCUT2D eigenvalue weighted by atomic mass is 9.98. The molecule has 31 heavy (non-hydrogen) atoms. The second kappa shape index (κ2) is 8.58. The summed E-state index contributed by atoms with van der Waals surface area (Å²) in [5.74, 6) is 1.15. The van der Waals surface area contributed by atoms with Gasteiger partial charge in [-0.2, -0.15) is 0 Å². The van der Waals surface area contributed by atoms with E-state index in [1.54, 1.807) is 36.7 Å². The number of ether oxygens (including phenoxy) is 1. The summed E-state index contributed by atoms with van der Waals surface area (Å²) < 4.78 is 32.5. The molecule has 3 N–H and O–H groups in total. The molecule has 1 aliphatic rings. The summed E-state index contributed by atoms with van der Waals surface area (Å²) in [6.45, 7) is 5.52. The highest BCUT2D eigenvalue weighted by atomic mass is 35.5. The van der Waals surface area contributed by atoms with Crippen LogP contribution in [0.1, 0.15) is 26.3 Å². The van der Waals surface area contributed by atoms with E-state index in [0.717, 1.165) is 19.5 Å². The zero-order valence-electron chi connectivity index (χ0n) is 17.2. The Morgan fingerprint density at radius 1 is 1.19 bits per heavy atom. The van der Waals surface area contributed by atoms with Gasteiger partial charge in [0.05, 0.1) is 17.0 Å². The van der Waals surface area contributed by atoms with Gasteiger partial charge in [0.2, 0.25) is 10.0 Å². The normalized spacial score (nSPS) is 16.7. The molecular formula is C21H24ClN5O3S. The lowest BCUT2D eigenvalue weighted by Crippen LogP contribution is -2.15. The third-order valence-corrected chi connectivity index (χ3v) is 6.35. The van der Waals surface area contributed by atoms with Crippen LogP contribution >= 0.6 is 11.6 Å². The Balaban J connectivity index is 1.94. The van der Waals surface area contributed by atoms with Crippen LogP contribution in [-0.4, -0.2) is 42.4 Å². The number of sulfonamides is 1. The Hall–Kier alpha value is -2.46. The van der Waals surface area contributed by atoms with Crippen molar-refractivity contribution < 1.29 is 13.2 Å². The summed E-state index contributed by atoms with van der Waals surface area (Å²) in [4.78, 5) is 0.000719. The van der Waals surface area contributed by atoms with Crippen LogP contribution in [0, 0.1) is 0 Å². The van der Waals surface area contributed by atoms with Crippen LogP contribution in [0.2, 0.25) is 5.02 Å². The predicted octanol–water partition coefficient (Wildman–Crippen LogP) is 3.23. The van der Waals surface area contributed by atoms with E-state index in [1.165, 1.54) is 6.07 Å². The fourth-order valence-electron chi connectivity index (χ4n) is 3.83. The van der Waals surface area contributed by atoms with E-state index >= 15 is 0 Å². The zero-order chi connectivity index (χ0) is 22.2. The highest BCUT2D eigenvalue weighted by Gasteiger charge is 2.25. The Morgan fingerprint density at radius 3 is 2.68 bits per heavy atom. The molecule has 0 radical (unpaired) electrons. The first-order chi connectivity index (χ1) is 14.7. The highest BCUT2D eigenvalue weighted by Crippen LogP contribution is 2.39. The first kappa shape index (κ1) is 21.8. The van der Waals surface area contributed by atoms with Crippen molar-refractivity contribution in [3.05, 3.63) is 47.7 Å². The van der Waals surface area contributed by atoms with Gasteiger partial charge in [-0.3, -0.25) is 0 Å². The van der Waals surface area contributed by atoms with Crippen LogP contribution in [0.15, 0.2) is 47.6 Å². The number of nitrogens with two attached hydrogens (primary N) is 1. The average molecular weight is 462 g/mol. The number of benzene rings is 2. The van der Waals surface area contributed by atoms with Crippen molar-refractivity contribution in [3.63, 3.8) is 0 Å². The van der Waals surface area contributed by atoms with E-state index in [9.17, 15) is 8.42 Å². The van der Waals surface area contributed by atoms with Gasteiger partial charge in [-0.1, -0.05) is 17.7 Å². The topological polar surface area (TPSA) is 112 Å². The van der Waals surface area contributed by atoms with Gasteiger partial charge < -0.3 is 14.6 Å². The molecule has 1 aliphatic heterocycles. The van der Waals surface area contributed by atoms with Gasteiger partial charge in [-0.25, -0.2) is 13.6 Å². The molecular weight excluding hydrogens is 438 g/mol. The summed E-state index contributed by atoms with van der Waals surface area (Å²) in [6, 6.07) is 10.2. The standard InChI is InChI=1S/C21H24ClN5O3S/c1-13(2)30-16-4-6-20(31(23,28)29)18(10-16)17-5-3-14(22)9-19(17)21-26-25-12-27(21)15-7-8-24-11-15/h3-6,9-10,12-13,15,24H,7-8,11H2,1-2H3,(H2,23,28,29)/t15-/m0/s1. The maximum absolute atomic E-state index is 12.4. The number of aromatic nitrogens is 3. The molecule has 0 amide bonds. The maximum atomic E-state index is 12.4. The second-order valence-electron chi connectivity index (χ2n) is 7.77. The second-order valence-corrected chi connectivity index (χ2v) is 9.73. The molecule has 2 aromatic carbocycles. The molecule has 2 heterocycles. The monoisotopic (exact) mass is 461 g/mol. The van der Waals surface area contributed by atoms with Gasteiger partial charge in [0.25, 0.3) is 0 Å². The number of halogens is 1. The molecule has 1 atom stereocenters. The first-order valence-electron chi connectivity index (χ1n) is 9.98. The number of rotatable bonds is 6. The SMILES string of the molecule is CC(C)Oc1ccc(S(N)(=O)=O)c(-c2ccc(Cl)cc2-c2nncn2[C@H]2CCNC2)c1. The van der Waals surface area contributed by atoms with Gasteiger partial charge >= 0.3 is 0 Å². The zero-order valence-corrected chi connectivity index (χ0v) is 18.8. The van der Waals surface area contributed by atoms with Crippen LogP contribution in [0.25, 0.3) is 22.5 Å². The van der Waals surface area contributed by atoms with Crippen molar-refractivity contribution in [2.75, 3.05) is 13.1 Å². The lowest BCUT2D eigenvalue weighted by molar-refractivity contribution is 0.242. The molecule has 1 fully saturated rings. The van der Waals surface area contributed by atoms with Gasteiger partial charge in [0.1, 0.15) is 12.1 Å². The third-order valence-electron chi connectivity index (χ3n) is 5.14. The minimum atomic E-state index is -3.99. The smallest absolute Gasteiger partial charge is 0.238 e. The minimum Gasteiger partial charge on any atom is -0.491 e. The molecule has 0 bridgehead atoms. The van der Waals surface area contributed by atoms with Crippen molar-refractivity contribution in [1.82, 2.24) is 20.1 Å². The lowest BCUT2D eigenvalue weighted by Gasteiger charge is -2.18. The van der Waals surface area contributed by atoms with Crippen molar-refractivity contribution in [2.45, 2.75) is 37.3 Å². The minimum absolute atomic E-state index is 0.000719. The van der Waals surface area contributed by atoms with Gasteiger partial charge in [0.15, 0.2) is 5.82 Å². The number of nitrogens with one attached hydrogen (secondary N) is 1. The van der Waals surface area contributed by atoms with E-state index in [-0.39, 0.29) is 17.0 Å². The molecule has 0 aliphatic carbocycles. The highest BCUT2D eigenvalue weighted by molar-refractivity contribution is 7.89. The van der Waals surface area contributed by atoms with Gasteiger partial charge in [-0.15, -0.1) is 10.2 Å². The predicted molar refractivity (Wildman–Crippen MR) is 120 cm³/mol. The van der Waals surface area contributed by atoms with Crippen molar-refractivity contribution >= 4 is 21.6 Å². The fraction of sp³-hybridized carbons (Fsp3) is 0.333. The van der Waals surface area contributed by atoms with Crippen molar-refractivity contribution in [1.29, 1.82) is 0 Å². The average Bonchev–Trinajstić information content (AvgIpc) is 3.38. The fourth-order valence-corrected chi connectivity index (χ4v) is 4.73. The Bertz CT molecular complexity index is 1200. The van der Waals surface area contributed by atoms with E-state index in [4.69, 9.17) is 21.5 Å². The molecule has 8 nitrogen and oxygen atoms in total. The molecule has 164 valence electrons. The van der Waals surface area contributed by atoms with Crippen LogP contribution in [0.3, 0.4) is 0 Å². The Morgan fingerprint density at radius 2 is 2.00 bits per heavy atom. The Labute approximate surface area is 186 Å². The maximum Gasteiger partial charge on any atom is 0.238 e. The quantitative estimate of drug-likeness (QED) is 0.582. The molecule has 0 spiro atoms. The summed E-state index contributed by atoms with van der Waals surface area (Å²) in [6.07, 6.45) is 2.56. The van der Waals surface area contributed by atoms with Crippen LogP contribution < -0.4 is 15.2 Å². The molecule has 3 aromatic rings. The summed E-state index contributed by atoms with van der Waals surface area (Å²) in [5.41, 5.74) is 1.72.